The fraction of sp³-hybridized carbons (Fsp3) is 0.429. The zero-order valence-corrected chi connectivity index (χ0v) is 10.9. The number of rotatable bonds is 6. The monoisotopic (exact) mass is 265 g/mol. The number of ether oxygens (including phenoxy) is 2. The normalized spacial score (nSPS) is 12.4. The van der Waals surface area contributed by atoms with Crippen LogP contribution in [-0.4, -0.2) is 13.3 Å². The number of hydrogen-bond acceptors (Lipinski definition) is 3. The zero-order chi connectivity index (χ0) is 12.8. The number of nitrogens with one attached hydrogen (secondary N) is 1. The van der Waals surface area contributed by atoms with E-state index in [-0.39, 0.29) is 6.79 Å². The molecule has 1 aliphatic rings. The smallest absolute Gasteiger partial charge is 0.231 e. The summed E-state index contributed by atoms with van der Waals surface area (Å²) >= 11 is 6.10. The van der Waals surface area contributed by atoms with Crippen LogP contribution in [0.1, 0.15) is 24.8 Å². The van der Waals surface area contributed by atoms with Gasteiger partial charge in [-0.2, -0.15) is 0 Å². The maximum atomic E-state index is 6.10. The van der Waals surface area contributed by atoms with Crippen molar-refractivity contribution in [3.05, 3.63) is 22.7 Å². The summed E-state index contributed by atoms with van der Waals surface area (Å²) in [5, 5.41) is 3.96. The maximum absolute atomic E-state index is 6.10. The lowest BCUT2D eigenvalue weighted by molar-refractivity contribution is 0.174. The topological polar surface area (TPSA) is 30.5 Å². The van der Waals surface area contributed by atoms with E-state index in [1.165, 1.54) is 0 Å². The van der Waals surface area contributed by atoms with Gasteiger partial charge in [-0.05, 0) is 37.1 Å². The van der Waals surface area contributed by atoms with Gasteiger partial charge < -0.3 is 14.8 Å². The summed E-state index contributed by atoms with van der Waals surface area (Å²) in [7, 11) is 0. The third kappa shape index (κ3) is 3.32. The van der Waals surface area contributed by atoms with Crippen molar-refractivity contribution < 1.29 is 9.47 Å². The van der Waals surface area contributed by atoms with E-state index in [9.17, 15) is 0 Å². The van der Waals surface area contributed by atoms with Crippen molar-refractivity contribution in [2.75, 3.05) is 13.3 Å². The van der Waals surface area contributed by atoms with Crippen molar-refractivity contribution in [1.29, 1.82) is 0 Å². The third-order valence-electron chi connectivity index (χ3n) is 2.74. The summed E-state index contributed by atoms with van der Waals surface area (Å²) in [5.41, 5.74) is 1.10. The summed E-state index contributed by atoms with van der Waals surface area (Å²) < 4.78 is 10.6. The molecule has 0 aromatic heterocycles. The molecule has 0 amide bonds. The number of benzene rings is 1. The van der Waals surface area contributed by atoms with E-state index >= 15 is 0 Å². The summed E-state index contributed by atoms with van der Waals surface area (Å²) in [4.78, 5) is 0. The molecule has 0 saturated heterocycles. The second-order valence-electron chi connectivity index (χ2n) is 4.15. The molecule has 1 aromatic carbocycles. The van der Waals surface area contributed by atoms with E-state index in [4.69, 9.17) is 27.5 Å². The highest BCUT2D eigenvalue weighted by Crippen LogP contribution is 2.39. The van der Waals surface area contributed by atoms with Crippen molar-refractivity contribution in [2.45, 2.75) is 25.8 Å². The molecular weight excluding hydrogens is 250 g/mol. The molecule has 0 spiro atoms. The highest BCUT2D eigenvalue weighted by Gasteiger charge is 2.17. The summed E-state index contributed by atoms with van der Waals surface area (Å²) in [6, 6.07) is 3.87. The Morgan fingerprint density at radius 2 is 2.22 bits per heavy atom. The lowest BCUT2D eigenvalue weighted by Crippen LogP contribution is -2.14. The molecular formula is C14H16ClNO2. The van der Waals surface area contributed by atoms with Crippen LogP contribution >= 0.6 is 11.6 Å². The highest BCUT2D eigenvalue weighted by molar-refractivity contribution is 6.32. The summed E-state index contributed by atoms with van der Waals surface area (Å²) in [5.74, 6) is 4.01. The number of halogens is 1. The summed E-state index contributed by atoms with van der Waals surface area (Å²) in [6.45, 7) is 1.97. The van der Waals surface area contributed by atoms with E-state index < -0.39 is 0 Å². The van der Waals surface area contributed by atoms with Crippen LogP contribution in [0.15, 0.2) is 12.1 Å². The van der Waals surface area contributed by atoms with Gasteiger partial charge in [0.2, 0.25) is 6.79 Å². The van der Waals surface area contributed by atoms with Gasteiger partial charge in [-0.1, -0.05) is 11.6 Å². The fourth-order valence-corrected chi connectivity index (χ4v) is 2.12. The average Bonchev–Trinajstić information content (AvgIpc) is 2.82. The Kier molecular flexibility index (Phi) is 4.74. The Labute approximate surface area is 112 Å². The molecule has 0 unspecified atom stereocenters. The van der Waals surface area contributed by atoms with Crippen molar-refractivity contribution in [2.24, 2.45) is 0 Å². The van der Waals surface area contributed by atoms with Crippen LogP contribution in [0.5, 0.6) is 11.5 Å². The Bertz CT molecular complexity index is 454. The van der Waals surface area contributed by atoms with Crippen LogP contribution < -0.4 is 14.8 Å². The Balaban J connectivity index is 1.80. The van der Waals surface area contributed by atoms with Gasteiger partial charge in [0.25, 0.3) is 0 Å². The average molecular weight is 266 g/mol. The van der Waals surface area contributed by atoms with Gasteiger partial charge in [-0.15, -0.1) is 12.3 Å². The van der Waals surface area contributed by atoms with Gasteiger partial charge in [0.1, 0.15) is 0 Å². The molecule has 1 aromatic rings. The molecule has 1 aliphatic heterocycles. The third-order valence-corrected chi connectivity index (χ3v) is 3.02. The van der Waals surface area contributed by atoms with Crippen molar-refractivity contribution in [3.8, 4) is 23.8 Å². The van der Waals surface area contributed by atoms with Crippen LogP contribution in [0.4, 0.5) is 0 Å². The van der Waals surface area contributed by atoms with Crippen LogP contribution in [-0.2, 0) is 6.54 Å². The molecule has 0 aliphatic carbocycles. The molecule has 4 heteroatoms. The number of hydrogen-bond donors (Lipinski definition) is 1. The van der Waals surface area contributed by atoms with Crippen LogP contribution in [0.3, 0.4) is 0 Å². The minimum absolute atomic E-state index is 0.248. The molecule has 2 rings (SSSR count). The quantitative estimate of drug-likeness (QED) is 0.634. The first-order valence-corrected chi connectivity index (χ1v) is 6.41. The standard InChI is InChI=1S/C14H16ClNO2/c1-2-3-4-5-6-16-9-11-7-12(15)14-13(8-11)17-10-18-14/h1,7-8,16H,3-6,9-10H2. The van der Waals surface area contributed by atoms with E-state index in [1.807, 2.05) is 12.1 Å². The van der Waals surface area contributed by atoms with Crippen molar-refractivity contribution in [1.82, 2.24) is 5.32 Å². The zero-order valence-electron chi connectivity index (χ0n) is 10.2. The van der Waals surface area contributed by atoms with Crippen LogP contribution in [0.25, 0.3) is 0 Å². The van der Waals surface area contributed by atoms with Gasteiger partial charge in [-0.3, -0.25) is 0 Å². The molecule has 0 bridgehead atoms. The van der Waals surface area contributed by atoms with Gasteiger partial charge in [0, 0.05) is 13.0 Å². The van der Waals surface area contributed by atoms with E-state index in [0.29, 0.717) is 10.8 Å². The van der Waals surface area contributed by atoms with Gasteiger partial charge in [0.05, 0.1) is 5.02 Å². The molecule has 0 radical (unpaired) electrons. The predicted molar refractivity (Wildman–Crippen MR) is 72.0 cm³/mol. The molecule has 3 nitrogen and oxygen atoms in total. The largest absolute Gasteiger partial charge is 0.454 e. The predicted octanol–water partition coefficient (Wildman–Crippen LogP) is 2.96. The first-order chi connectivity index (χ1) is 8.81. The Morgan fingerprint density at radius 1 is 1.33 bits per heavy atom. The second-order valence-corrected chi connectivity index (χ2v) is 4.56. The Hall–Kier alpha value is -1.37. The van der Waals surface area contributed by atoms with E-state index in [0.717, 1.165) is 43.7 Å². The molecule has 0 fully saturated rings. The van der Waals surface area contributed by atoms with Crippen molar-refractivity contribution >= 4 is 11.6 Å². The lowest BCUT2D eigenvalue weighted by atomic mass is 10.2. The molecule has 0 atom stereocenters. The lowest BCUT2D eigenvalue weighted by Gasteiger charge is -2.06. The molecule has 96 valence electrons. The van der Waals surface area contributed by atoms with Crippen LogP contribution in [0.2, 0.25) is 5.02 Å². The Morgan fingerprint density at radius 3 is 3.06 bits per heavy atom. The van der Waals surface area contributed by atoms with Gasteiger partial charge in [0.15, 0.2) is 11.5 Å². The first kappa shape index (κ1) is 13.1. The highest BCUT2D eigenvalue weighted by atomic mass is 35.5. The molecule has 1 N–H and O–H groups in total. The maximum Gasteiger partial charge on any atom is 0.231 e. The molecule has 1 heterocycles. The number of unbranched alkanes of at least 4 members (excludes halogenated alkanes) is 2. The van der Waals surface area contributed by atoms with Gasteiger partial charge >= 0.3 is 0 Å². The molecule has 18 heavy (non-hydrogen) atoms. The fourth-order valence-electron chi connectivity index (χ4n) is 1.83. The second kappa shape index (κ2) is 6.53. The van der Waals surface area contributed by atoms with E-state index in [1.54, 1.807) is 0 Å². The van der Waals surface area contributed by atoms with Gasteiger partial charge in [-0.25, -0.2) is 0 Å². The minimum Gasteiger partial charge on any atom is -0.454 e. The van der Waals surface area contributed by atoms with E-state index in [2.05, 4.69) is 11.2 Å². The number of terminal acetylenes is 1. The minimum atomic E-state index is 0.248. The SMILES string of the molecule is C#CCCCCNCc1cc(Cl)c2c(c1)OCO2. The van der Waals surface area contributed by atoms with Crippen LogP contribution in [0, 0.1) is 12.3 Å². The first-order valence-electron chi connectivity index (χ1n) is 6.03. The number of fused-ring (bicyclic) bond motifs is 1. The molecule has 0 saturated carbocycles. The summed E-state index contributed by atoms with van der Waals surface area (Å²) in [6.07, 6.45) is 8.18. The van der Waals surface area contributed by atoms with Crippen molar-refractivity contribution in [3.63, 3.8) is 0 Å².